The quantitative estimate of drug-likeness (QED) is 0.161. The number of ether oxygens (including phenoxy) is 1. The van der Waals surface area contributed by atoms with Gasteiger partial charge in [0.05, 0.1) is 31.1 Å². The smallest absolute Gasteiger partial charge is 0.312 e. The Morgan fingerprint density at radius 1 is 1.21 bits per heavy atom. The lowest BCUT2D eigenvalue weighted by atomic mass is 10.1. The van der Waals surface area contributed by atoms with Crippen molar-refractivity contribution in [3.8, 4) is 5.75 Å². The number of halogens is 1. The van der Waals surface area contributed by atoms with Gasteiger partial charge in [0.2, 0.25) is 0 Å². The van der Waals surface area contributed by atoms with Crippen LogP contribution in [-0.2, 0) is 6.54 Å². The predicted octanol–water partition coefficient (Wildman–Crippen LogP) is 3.86. The number of methoxy groups -OCH3 is 1. The summed E-state index contributed by atoms with van der Waals surface area (Å²) in [5.41, 5.74) is 4.69. The van der Waals surface area contributed by atoms with E-state index in [9.17, 15) is 19.7 Å². The van der Waals surface area contributed by atoms with E-state index >= 15 is 0 Å². The molecule has 200 valence electrons. The number of nitrogens with one attached hydrogen (secondary N) is 3. The van der Waals surface area contributed by atoms with E-state index < -0.39 is 16.7 Å². The molecule has 2 amide bonds. The van der Waals surface area contributed by atoms with Gasteiger partial charge in [-0.15, -0.1) is 0 Å². The van der Waals surface area contributed by atoms with Crippen LogP contribution in [0.5, 0.6) is 5.75 Å². The third-order valence-electron chi connectivity index (χ3n) is 5.71. The first-order valence-corrected chi connectivity index (χ1v) is 11.8. The highest BCUT2D eigenvalue weighted by Gasteiger charge is 2.23. The Labute approximate surface area is 227 Å². The Morgan fingerprint density at radius 3 is 2.62 bits per heavy atom. The van der Waals surface area contributed by atoms with Crippen LogP contribution in [0.1, 0.15) is 43.5 Å². The lowest BCUT2D eigenvalue weighted by molar-refractivity contribution is -0.386. The van der Waals surface area contributed by atoms with Crippen LogP contribution in [0.4, 0.5) is 11.4 Å². The summed E-state index contributed by atoms with van der Waals surface area (Å²) in [4.78, 5) is 42.8. The van der Waals surface area contributed by atoms with Crippen molar-refractivity contribution >= 4 is 41.0 Å². The summed E-state index contributed by atoms with van der Waals surface area (Å²) in [5.74, 6) is -0.704. The first-order valence-electron chi connectivity index (χ1n) is 11.5. The number of amides is 2. The molecule has 0 saturated carbocycles. The topological polar surface area (TPSA) is 169 Å². The SMILES string of the molecule is COc1ccc(/C=N/NC(=O)c2nc[nH]c2C(=O)Nc2ccc(Cl)cc2)cc1Cn1nc(C)c([N+](=O)[O-])c1C. The van der Waals surface area contributed by atoms with E-state index in [-0.39, 0.29) is 23.6 Å². The molecule has 2 aromatic heterocycles. The average Bonchev–Trinajstić information content (AvgIpc) is 3.50. The summed E-state index contributed by atoms with van der Waals surface area (Å²) in [5, 5.41) is 22.8. The number of hydrogen-bond acceptors (Lipinski definition) is 8. The lowest BCUT2D eigenvalue weighted by Crippen LogP contribution is -2.23. The standard InChI is InChI=1S/C25H23ClN8O5/c1-14-23(34(37)38)15(2)33(32-14)12-17-10-16(4-9-20(17)39-3)11-29-31-25(36)22-21(27-13-28-22)24(35)30-19-7-5-18(26)6-8-19/h4-11,13H,12H2,1-3H3,(H,27,28)(H,30,35)(H,31,36)/b29-11+. The highest BCUT2D eigenvalue weighted by molar-refractivity contribution is 6.30. The van der Waals surface area contributed by atoms with Crippen molar-refractivity contribution in [2.45, 2.75) is 20.4 Å². The first kappa shape index (κ1) is 27.0. The van der Waals surface area contributed by atoms with Gasteiger partial charge in [-0.25, -0.2) is 10.4 Å². The Kier molecular flexibility index (Phi) is 8.01. The number of nitrogens with zero attached hydrogens (tertiary/aromatic N) is 5. The number of carbonyl (C=O) groups is 2. The summed E-state index contributed by atoms with van der Waals surface area (Å²) >= 11 is 5.86. The third kappa shape index (κ3) is 6.10. The van der Waals surface area contributed by atoms with Gasteiger partial charge in [-0.05, 0) is 61.9 Å². The second-order valence-electron chi connectivity index (χ2n) is 8.29. The zero-order valence-electron chi connectivity index (χ0n) is 21.1. The summed E-state index contributed by atoms with van der Waals surface area (Å²) in [7, 11) is 1.51. The van der Waals surface area contributed by atoms with Gasteiger partial charge < -0.3 is 15.0 Å². The van der Waals surface area contributed by atoms with Gasteiger partial charge in [-0.3, -0.25) is 24.4 Å². The molecular formula is C25H23ClN8O5. The van der Waals surface area contributed by atoms with Crippen LogP contribution in [0, 0.1) is 24.0 Å². The van der Waals surface area contributed by atoms with Crippen molar-refractivity contribution in [3.05, 3.63) is 97.8 Å². The van der Waals surface area contributed by atoms with Gasteiger partial charge in [0, 0.05) is 16.3 Å². The fourth-order valence-corrected chi connectivity index (χ4v) is 3.98. The number of benzene rings is 2. The van der Waals surface area contributed by atoms with Crippen LogP contribution >= 0.6 is 11.6 Å². The number of aromatic amines is 1. The second-order valence-corrected chi connectivity index (χ2v) is 8.73. The maximum atomic E-state index is 12.7. The van der Waals surface area contributed by atoms with E-state index in [2.05, 4.69) is 30.9 Å². The van der Waals surface area contributed by atoms with Crippen LogP contribution in [0.2, 0.25) is 5.02 Å². The first-order chi connectivity index (χ1) is 18.7. The summed E-state index contributed by atoms with van der Waals surface area (Å²) in [6, 6.07) is 11.7. The molecule has 4 aromatic rings. The zero-order chi connectivity index (χ0) is 28.1. The Bertz CT molecular complexity index is 1580. The van der Waals surface area contributed by atoms with Crippen LogP contribution in [0.15, 0.2) is 53.9 Å². The Hall–Kier alpha value is -5.04. The summed E-state index contributed by atoms with van der Waals surface area (Å²) in [6.07, 6.45) is 2.64. The molecule has 0 fully saturated rings. The number of carbonyl (C=O) groups excluding carboxylic acids is 2. The van der Waals surface area contributed by atoms with E-state index in [1.807, 2.05) is 0 Å². The normalized spacial score (nSPS) is 11.0. The Balaban J connectivity index is 1.46. The number of aryl methyl sites for hydroxylation is 1. The number of aromatic nitrogens is 4. The van der Waals surface area contributed by atoms with E-state index in [4.69, 9.17) is 16.3 Å². The molecule has 0 unspecified atom stereocenters. The number of H-pyrrole nitrogens is 1. The molecule has 14 heteroatoms. The maximum absolute atomic E-state index is 12.7. The molecule has 0 bridgehead atoms. The number of imidazole rings is 1. The van der Waals surface area contributed by atoms with Gasteiger partial charge in [0.25, 0.3) is 11.8 Å². The maximum Gasteiger partial charge on any atom is 0.312 e. The number of nitro groups is 1. The van der Waals surface area contributed by atoms with Crippen LogP contribution in [0.25, 0.3) is 0 Å². The van der Waals surface area contributed by atoms with Crippen LogP contribution < -0.4 is 15.5 Å². The minimum absolute atomic E-state index is 0.0334. The predicted molar refractivity (Wildman–Crippen MR) is 144 cm³/mol. The minimum atomic E-state index is -0.697. The molecule has 0 aliphatic rings. The van der Waals surface area contributed by atoms with E-state index in [0.29, 0.717) is 39.0 Å². The third-order valence-corrected chi connectivity index (χ3v) is 5.97. The molecule has 0 radical (unpaired) electrons. The fraction of sp³-hybridized carbons (Fsp3) is 0.160. The molecule has 0 spiro atoms. The largest absolute Gasteiger partial charge is 0.496 e. The van der Waals surface area contributed by atoms with Gasteiger partial charge in [-0.2, -0.15) is 10.2 Å². The molecule has 39 heavy (non-hydrogen) atoms. The number of hydrogen-bond donors (Lipinski definition) is 3. The van der Waals surface area contributed by atoms with Gasteiger partial charge in [0.1, 0.15) is 22.8 Å². The van der Waals surface area contributed by atoms with Crippen LogP contribution in [0.3, 0.4) is 0 Å². The van der Waals surface area contributed by atoms with Crippen molar-refractivity contribution in [1.82, 2.24) is 25.2 Å². The lowest BCUT2D eigenvalue weighted by Gasteiger charge is -2.10. The zero-order valence-corrected chi connectivity index (χ0v) is 21.8. The van der Waals surface area contributed by atoms with Crippen molar-refractivity contribution in [1.29, 1.82) is 0 Å². The van der Waals surface area contributed by atoms with Crippen molar-refractivity contribution in [2.24, 2.45) is 5.10 Å². The molecule has 13 nitrogen and oxygen atoms in total. The van der Waals surface area contributed by atoms with Gasteiger partial charge in [-0.1, -0.05) is 11.6 Å². The number of hydrazone groups is 1. The summed E-state index contributed by atoms with van der Waals surface area (Å²) in [6.45, 7) is 3.43. The Morgan fingerprint density at radius 2 is 1.95 bits per heavy atom. The molecular weight excluding hydrogens is 528 g/mol. The van der Waals surface area contributed by atoms with E-state index in [0.717, 1.165) is 0 Å². The van der Waals surface area contributed by atoms with Gasteiger partial charge >= 0.3 is 5.69 Å². The van der Waals surface area contributed by atoms with E-state index in [1.54, 1.807) is 56.3 Å². The average molecular weight is 551 g/mol. The molecule has 3 N–H and O–H groups in total. The van der Waals surface area contributed by atoms with E-state index in [1.165, 1.54) is 24.3 Å². The van der Waals surface area contributed by atoms with Crippen molar-refractivity contribution < 1.29 is 19.2 Å². The highest BCUT2D eigenvalue weighted by Crippen LogP contribution is 2.26. The van der Waals surface area contributed by atoms with Crippen LogP contribution in [-0.4, -0.2) is 49.8 Å². The molecule has 0 atom stereocenters. The summed E-state index contributed by atoms with van der Waals surface area (Å²) < 4.78 is 6.96. The molecule has 0 aliphatic heterocycles. The molecule has 2 heterocycles. The van der Waals surface area contributed by atoms with Crippen molar-refractivity contribution in [3.63, 3.8) is 0 Å². The second kappa shape index (κ2) is 11.6. The highest BCUT2D eigenvalue weighted by atomic mass is 35.5. The van der Waals surface area contributed by atoms with Crippen molar-refractivity contribution in [2.75, 3.05) is 12.4 Å². The molecule has 0 aliphatic carbocycles. The monoisotopic (exact) mass is 550 g/mol. The minimum Gasteiger partial charge on any atom is -0.496 e. The molecule has 4 rings (SSSR count). The molecule has 2 aromatic carbocycles. The number of anilines is 1. The molecule has 0 saturated heterocycles. The fourth-order valence-electron chi connectivity index (χ4n) is 3.85. The van der Waals surface area contributed by atoms with Gasteiger partial charge in [0.15, 0.2) is 5.69 Å². The number of rotatable bonds is 9.